The summed E-state index contributed by atoms with van der Waals surface area (Å²) in [5.41, 5.74) is 1.72. The molecule has 21 heavy (non-hydrogen) atoms. The van der Waals surface area contributed by atoms with E-state index >= 15 is 0 Å². The van der Waals surface area contributed by atoms with Gasteiger partial charge in [0.2, 0.25) is 0 Å². The molecule has 112 valence electrons. The van der Waals surface area contributed by atoms with Crippen LogP contribution in [0.2, 0.25) is 0 Å². The number of amides is 1. The van der Waals surface area contributed by atoms with Crippen LogP contribution in [-0.4, -0.2) is 43.4 Å². The minimum absolute atomic E-state index is 0.408. The molecule has 0 spiro atoms. The summed E-state index contributed by atoms with van der Waals surface area (Å²) in [6.45, 7) is 2.88. The molecule has 1 amide bonds. The second-order valence-electron chi connectivity index (χ2n) is 5.08. The van der Waals surface area contributed by atoms with Crippen molar-refractivity contribution in [2.24, 2.45) is 0 Å². The molecule has 3 N–H and O–H groups in total. The highest BCUT2D eigenvalue weighted by Gasteiger charge is 2.20. The quantitative estimate of drug-likeness (QED) is 0.712. The molecule has 1 aliphatic heterocycles. The highest BCUT2D eigenvalue weighted by atomic mass is 16.4. The first-order valence-electron chi connectivity index (χ1n) is 7.15. The molecular weight excluding hydrogens is 268 g/mol. The van der Waals surface area contributed by atoms with Crippen molar-refractivity contribution in [1.29, 1.82) is 5.26 Å². The molecule has 0 unspecified atom stereocenters. The summed E-state index contributed by atoms with van der Waals surface area (Å²) in [7, 11) is 0. The smallest absolute Gasteiger partial charge is 0.404 e. The van der Waals surface area contributed by atoms with Crippen LogP contribution in [0.5, 0.6) is 0 Å². The van der Waals surface area contributed by atoms with Crippen LogP contribution in [0.15, 0.2) is 24.3 Å². The zero-order valence-corrected chi connectivity index (χ0v) is 11.9. The lowest BCUT2D eigenvalue weighted by molar-refractivity contribution is 0.194. The van der Waals surface area contributed by atoms with Gasteiger partial charge in [0, 0.05) is 32.2 Å². The third-order valence-electron chi connectivity index (χ3n) is 3.69. The van der Waals surface area contributed by atoms with Crippen molar-refractivity contribution in [3.8, 4) is 6.07 Å². The molecule has 1 aromatic carbocycles. The van der Waals surface area contributed by atoms with E-state index in [2.05, 4.69) is 21.6 Å². The minimum Gasteiger partial charge on any atom is -0.465 e. The van der Waals surface area contributed by atoms with Gasteiger partial charge in [0.05, 0.1) is 11.3 Å². The maximum absolute atomic E-state index is 10.3. The van der Waals surface area contributed by atoms with Crippen molar-refractivity contribution in [1.82, 2.24) is 10.6 Å². The molecule has 6 nitrogen and oxygen atoms in total. The highest BCUT2D eigenvalue weighted by Crippen LogP contribution is 2.23. The number of anilines is 1. The number of nitrogens with one attached hydrogen (secondary N) is 2. The van der Waals surface area contributed by atoms with E-state index in [1.807, 2.05) is 24.3 Å². The van der Waals surface area contributed by atoms with Crippen LogP contribution in [0.25, 0.3) is 0 Å². The number of nitriles is 1. The number of hydrogen-bond acceptors (Lipinski definition) is 4. The maximum atomic E-state index is 10.3. The number of benzene rings is 1. The fraction of sp³-hybridized carbons (Fsp3) is 0.467. The predicted molar refractivity (Wildman–Crippen MR) is 80.4 cm³/mol. The Morgan fingerprint density at radius 2 is 2.05 bits per heavy atom. The second-order valence-corrected chi connectivity index (χ2v) is 5.08. The maximum Gasteiger partial charge on any atom is 0.404 e. The normalized spacial score (nSPS) is 15.5. The molecular formula is C15H20N4O2. The molecule has 0 aliphatic carbocycles. The first-order valence-corrected chi connectivity index (χ1v) is 7.15. The predicted octanol–water partition coefficient (Wildman–Crippen LogP) is 1.38. The van der Waals surface area contributed by atoms with E-state index in [1.54, 1.807) is 0 Å². The van der Waals surface area contributed by atoms with Gasteiger partial charge in [-0.25, -0.2) is 4.79 Å². The van der Waals surface area contributed by atoms with Gasteiger partial charge >= 0.3 is 6.09 Å². The van der Waals surface area contributed by atoms with Gasteiger partial charge in [-0.3, -0.25) is 0 Å². The van der Waals surface area contributed by atoms with Crippen LogP contribution in [0.1, 0.15) is 18.4 Å². The van der Waals surface area contributed by atoms with E-state index in [9.17, 15) is 4.79 Å². The summed E-state index contributed by atoms with van der Waals surface area (Å²) in [5.74, 6) is 0. The standard InChI is InChI=1S/C15H20N4O2/c16-11-12-3-1-2-4-14(12)19-9-5-13(6-10-19)17-7-8-18-15(20)21/h1-4,13,17-18H,5-10H2,(H,20,21). The molecule has 2 rings (SSSR count). The van der Waals surface area contributed by atoms with E-state index in [0.29, 0.717) is 19.1 Å². The molecule has 0 aromatic heterocycles. The SMILES string of the molecule is N#Cc1ccccc1N1CCC(NCCNC(=O)O)CC1. The lowest BCUT2D eigenvalue weighted by atomic mass is 10.0. The Kier molecular flexibility index (Phi) is 5.41. The monoisotopic (exact) mass is 288 g/mol. The van der Waals surface area contributed by atoms with Crippen molar-refractivity contribution < 1.29 is 9.90 Å². The van der Waals surface area contributed by atoms with Gasteiger partial charge in [-0.2, -0.15) is 5.26 Å². The third kappa shape index (κ3) is 4.36. The van der Waals surface area contributed by atoms with Gasteiger partial charge in [0.15, 0.2) is 0 Å². The zero-order valence-electron chi connectivity index (χ0n) is 11.9. The summed E-state index contributed by atoms with van der Waals surface area (Å²) in [6.07, 6.45) is 0.999. The Labute approximate surface area is 124 Å². The van der Waals surface area contributed by atoms with Crippen molar-refractivity contribution in [3.63, 3.8) is 0 Å². The van der Waals surface area contributed by atoms with Gasteiger partial charge < -0.3 is 20.6 Å². The van der Waals surface area contributed by atoms with E-state index in [1.165, 1.54) is 0 Å². The minimum atomic E-state index is -0.986. The summed E-state index contributed by atoms with van der Waals surface area (Å²) in [4.78, 5) is 12.6. The van der Waals surface area contributed by atoms with Crippen LogP contribution in [0.4, 0.5) is 10.5 Å². The van der Waals surface area contributed by atoms with Crippen LogP contribution in [0, 0.1) is 11.3 Å². The average Bonchev–Trinajstić information content (AvgIpc) is 2.52. The van der Waals surface area contributed by atoms with Crippen LogP contribution in [0.3, 0.4) is 0 Å². The molecule has 1 heterocycles. The molecule has 1 aliphatic rings. The number of para-hydroxylation sites is 1. The summed E-state index contributed by atoms with van der Waals surface area (Å²) in [6, 6.07) is 10.3. The van der Waals surface area contributed by atoms with Crippen molar-refractivity contribution in [3.05, 3.63) is 29.8 Å². The number of carbonyl (C=O) groups is 1. The number of carboxylic acid groups (broad SMARTS) is 1. The Morgan fingerprint density at radius 1 is 1.33 bits per heavy atom. The van der Waals surface area contributed by atoms with Crippen molar-refractivity contribution >= 4 is 11.8 Å². The van der Waals surface area contributed by atoms with Crippen LogP contribution >= 0.6 is 0 Å². The molecule has 0 radical (unpaired) electrons. The lowest BCUT2D eigenvalue weighted by Crippen LogP contribution is -2.44. The molecule has 6 heteroatoms. The third-order valence-corrected chi connectivity index (χ3v) is 3.69. The molecule has 0 atom stereocenters. The Bertz CT molecular complexity index is 519. The molecule has 1 fully saturated rings. The van der Waals surface area contributed by atoms with E-state index in [4.69, 9.17) is 10.4 Å². The van der Waals surface area contributed by atoms with Gasteiger partial charge in [0.1, 0.15) is 6.07 Å². The van der Waals surface area contributed by atoms with Gasteiger partial charge in [-0.15, -0.1) is 0 Å². The Hall–Kier alpha value is -2.26. The van der Waals surface area contributed by atoms with Crippen LogP contribution in [-0.2, 0) is 0 Å². The molecule has 1 saturated heterocycles. The van der Waals surface area contributed by atoms with E-state index in [-0.39, 0.29) is 0 Å². The van der Waals surface area contributed by atoms with Gasteiger partial charge in [-0.05, 0) is 25.0 Å². The highest BCUT2D eigenvalue weighted by molar-refractivity contribution is 5.64. The Morgan fingerprint density at radius 3 is 2.71 bits per heavy atom. The van der Waals surface area contributed by atoms with Gasteiger partial charge in [-0.1, -0.05) is 12.1 Å². The molecule has 1 aromatic rings. The first-order chi connectivity index (χ1) is 10.2. The first kappa shape index (κ1) is 15.1. The van der Waals surface area contributed by atoms with Crippen molar-refractivity contribution in [2.75, 3.05) is 31.1 Å². The molecule has 0 bridgehead atoms. The average molecular weight is 288 g/mol. The van der Waals surface area contributed by atoms with E-state index < -0.39 is 6.09 Å². The number of piperidine rings is 1. The van der Waals surface area contributed by atoms with Crippen LogP contribution < -0.4 is 15.5 Å². The number of hydrogen-bond donors (Lipinski definition) is 3. The summed E-state index contributed by atoms with van der Waals surface area (Å²) in [5, 5.41) is 23.3. The lowest BCUT2D eigenvalue weighted by Gasteiger charge is -2.34. The fourth-order valence-electron chi connectivity index (χ4n) is 2.61. The van der Waals surface area contributed by atoms with Gasteiger partial charge in [0.25, 0.3) is 0 Å². The number of rotatable bonds is 5. The zero-order chi connectivity index (χ0) is 15.1. The van der Waals surface area contributed by atoms with E-state index in [0.717, 1.165) is 37.2 Å². The largest absolute Gasteiger partial charge is 0.465 e. The van der Waals surface area contributed by atoms with Crippen molar-refractivity contribution in [2.45, 2.75) is 18.9 Å². The second kappa shape index (κ2) is 7.50. The Balaban J connectivity index is 1.78. The molecule has 0 saturated carbocycles. The fourth-order valence-corrected chi connectivity index (χ4v) is 2.61. The topological polar surface area (TPSA) is 88.4 Å². The number of nitrogens with zero attached hydrogens (tertiary/aromatic N) is 2. The summed E-state index contributed by atoms with van der Waals surface area (Å²) >= 11 is 0. The summed E-state index contributed by atoms with van der Waals surface area (Å²) < 4.78 is 0.